The summed E-state index contributed by atoms with van der Waals surface area (Å²) in [6, 6.07) is 4.29. The smallest absolute Gasteiger partial charge is 0.252 e. The van der Waals surface area contributed by atoms with Crippen LogP contribution < -0.4 is 10.6 Å². The molecule has 1 aromatic heterocycles. The minimum Gasteiger partial charge on any atom is -0.373 e. The molecular weight excluding hydrogens is 264 g/mol. The Hall–Kier alpha value is -1.62. The standard InChI is InChI=1S/C16H26N4O/c1-13-6-3-4-10-20(13)11-5-9-18-16(21)14-7-8-15(17-2)19-12-14/h7-8,12-13H,3-6,9-11H2,1-2H3,(H,17,19)(H,18,21). The van der Waals surface area contributed by atoms with Gasteiger partial charge in [-0.05, 0) is 44.9 Å². The third-order valence-electron chi connectivity index (χ3n) is 4.13. The number of nitrogens with one attached hydrogen (secondary N) is 2. The van der Waals surface area contributed by atoms with Gasteiger partial charge < -0.3 is 15.5 Å². The number of hydrogen-bond acceptors (Lipinski definition) is 4. The summed E-state index contributed by atoms with van der Waals surface area (Å²) in [5.74, 6) is 0.725. The number of carbonyl (C=O) groups excluding carboxylic acids is 1. The molecule has 1 aromatic rings. The lowest BCUT2D eigenvalue weighted by molar-refractivity contribution is 0.0948. The maximum absolute atomic E-state index is 12.0. The van der Waals surface area contributed by atoms with E-state index in [1.54, 1.807) is 12.3 Å². The van der Waals surface area contributed by atoms with E-state index in [0.717, 1.165) is 25.3 Å². The molecule has 0 bridgehead atoms. The topological polar surface area (TPSA) is 57.3 Å². The van der Waals surface area contributed by atoms with Gasteiger partial charge in [-0.15, -0.1) is 0 Å². The van der Waals surface area contributed by atoms with E-state index < -0.39 is 0 Å². The minimum atomic E-state index is -0.0446. The van der Waals surface area contributed by atoms with Gasteiger partial charge in [-0.3, -0.25) is 4.79 Å². The van der Waals surface area contributed by atoms with Crippen LogP contribution in [0.25, 0.3) is 0 Å². The highest BCUT2D eigenvalue weighted by Crippen LogP contribution is 2.16. The van der Waals surface area contributed by atoms with Gasteiger partial charge in [0.2, 0.25) is 0 Å². The van der Waals surface area contributed by atoms with Crippen LogP contribution in [0.15, 0.2) is 18.3 Å². The predicted molar refractivity (Wildman–Crippen MR) is 85.6 cm³/mol. The zero-order chi connectivity index (χ0) is 15.1. The highest BCUT2D eigenvalue weighted by atomic mass is 16.1. The number of aromatic nitrogens is 1. The summed E-state index contributed by atoms with van der Waals surface area (Å²) in [6.07, 6.45) is 6.56. The molecule has 0 aliphatic carbocycles. The lowest BCUT2D eigenvalue weighted by atomic mass is 10.0. The maximum atomic E-state index is 12.0. The molecular formula is C16H26N4O. The van der Waals surface area contributed by atoms with Gasteiger partial charge in [0.05, 0.1) is 5.56 Å². The summed E-state index contributed by atoms with van der Waals surface area (Å²) >= 11 is 0. The molecule has 1 unspecified atom stereocenters. The summed E-state index contributed by atoms with van der Waals surface area (Å²) in [6.45, 7) is 5.28. The first-order valence-electron chi connectivity index (χ1n) is 7.87. The quantitative estimate of drug-likeness (QED) is 0.788. The largest absolute Gasteiger partial charge is 0.373 e. The van der Waals surface area contributed by atoms with E-state index in [9.17, 15) is 4.79 Å². The van der Waals surface area contributed by atoms with Crippen LogP contribution in [0.4, 0.5) is 5.82 Å². The van der Waals surface area contributed by atoms with Crippen molar-refractivity contribution in [3.8, 4) is 0 Å². The molecule has 5 nitrogen and oxygen atoms in total. The number of amides is 1. The van der Waals surface area contributed by atoms with Crippen LogP contribution >= 0.6 is 0 Å². The summed E-state index contributed by atoms with van der Waals surface area (Å²) in [4.78, 5) is 18.7. The average Bonchev–Trinajstić information content (AvgIpc) is 2.53. The Bertz CT molecular complexity index is 446. The number of pyridine rings is 1. The molecule has 116 valence electrons. The molecule has 1 aliphatic heterocycles. The van der Waals surface area contributed by atoms with Crippen molar-refractivity contribution in [1.82, 2.24) is 15.2 Å². The van der Waals surface area contributed by atoms with Gasteiger partial charge in [-0.1, -0.05) is 6.42 Å². The van der Waals surface area contributed by atoms with Crippen LogP contribution in [0.1, 0.15) is 43.0 Å². The Morgan fingerprint density at radius 1 is 1.43 bits per heavy atom. The number of nitrogens with zero attached hydrogens (tertiary/aromatic N) is 2. The van der Waals surface area contributed by atoms with Crippen molar-refractivity contribution in [1.29, 1.82) is 0 Å². The minimum absolute atomic E-state index is 0.0446. The van der Waals surface area contributed by atoms with Crippen LogP contribution in [-0.2, 0) is 0 Å². The highest BCUT2D eigenvalue weighted by Gasteiger charge is 2.17. The number of likely N-dealkylation sites (tertiary alicyclic amines) is 1. The van der Waals surface area contributed by atoms with Crippen molar-refractivity contribution in [2.75, 3.05) is 32.0 Å². The van der Waals surface area contributed by atoms with Crippen molar-refractivity contribution in [3.63, 3.8) is 0 Å². The first kappa shape index (κ1) is 15.8. The maximum Gasteiger partial charge on any atom is 0.252 e. The Labute approximate surface area is 127 Å². The van der Waals surface area contributed by atoms with Crippen molar-refractivity contribution < 1.29 is 4.79 Å². The molecule has 21 heavy (non-hydrogen) atoms. The summed E-state index contributed by atoms with van der Waals surface area (Å²) in [5, 5.41) is 5.90. The van der Waals surface area contributed by atoms with E-state index in [2.05, 4.69) is 27.4 Å². The molecule has 5 heteroatoms. The van der Waals surface area contributed by atoms with Crippen LogP contribution in [-0.4, -0.2) is 48.5 Å². The second kappa shape index (κ2) is 7.98. The molecule has 2 rings (SSSR count). The van der Waals surface area contributed by atoms with Crippen molar-refractivity contribution >= 4 is 11.7 Å². The van der Waals surface area contributed by atoms with Gasteiger partial charge in [0.15, 0.2) is 0 Å². The van der Waals surface area contributed by atoms with E-state index in [1.165, 1.54) is 25.8 Å². The molecule has 0 saturated carbocycles. The SMILES string of the molecule is CNc1ccc(C(=O)NCCCN2CCCCC2C)cn1. The van der Waals surface area contributed by atoms with E-state index in [1.807, 2.05) is 13.1 Å². The first-order valence-corrected chi connectivity index (χ1v) is 7.87. The first-order chi connectivity index (χ1) is 10.2. The lowest BCUT2D eigenvalue weighted by Gasteiger charge is -2.33. The van der Waals surface area contributed by atoms with E-state index in [0.29, 0.717) is 11.6 Å². The Morgan fingerprint density at radius 2 is 2.29 bits per heavy atom. The summed E-state index contributed by atoms with van der Waals surface area (Å²) in [5.41, 5.74) is 0.611. The highest BCUT2D eigenvalue weighted by molar-refractivity contribution is 5.93. The molecule has 1 saturated heterocycles. The van der Waals surface area contributed by atoms with Gasteiger partial charge in [-0.2, -0.15) is 0 Å². The van der Waals surface area contributed by atoms with Crippen LogP contribution in [0.2, 0.25) is 0 Å². The monoisotopic (exact) mass is 290 g/mol. The number of hydrogen-bond donors (Lipinski definition) is 2. The number of rotatable bonds is 6. The number of anilines is 1. The van der Waals surface area contributed by atoms with Gasteiger partial charge in [-0.25, -0.2) is 4.98 Å². The Balaban J connectivity index is 1.68. The fraction of sp³-hybridized carbons (Fsp3) is 0.625. The molecule has 1 atom stereocenters. The van der Waals surface area contributed by atoms with E-state index in [-0.39, 0.29) is 5.91 Å². The van der Waals surface area contributed by atoms with Crippen LogP contribution in [0.3, 0.4) is 0 Å². The zero-order valence-electron chi connectivity index (χ0n) is 13.1. The third-order valence-corrected chi connectivity index (χ3v) is 4.13. The van der Waals surface area contributed by atoms with Crippen LogP contribution in [0.5, 0.6) is 0 Å². The molecule has 0 radical (unpaired) electrons. The normalized spacial score (nSPS) is 19.2. The third kappa shape index (κ3) is 4.70. The summed E-state index contributed by atoms with van der Waals surface area (Å²) in [7, 11) is 1.81. The van der Waals surface area contributed by atoms with Gasteiger partial charge in [0, 0.05) is 32.4 Å². The summed E-state index contributed by atoms with van der Waals surface area (Å²) < 4.78 is 0. The molecule has 1 aliphatic rings. The Kier molecular flexibility index (Phi) is 5.99. The zero-order valence-corrected chi connectivity index (χ0v) is 13.1. The van der Waals surface area contributed by atoms with Gasteiger partial charge in [0.25, 0.3) is 5.91 Å². The lowest BCUT2D eigenvalue weighted by Crippen LogP contribution is -2.39. The molecule has 1 fully saturated rings. The molecule has 2 heterocycles. The second-order valence-electron chi connectivity index (χ2n) is 5.67. The second-order valence-corrected chi connectivity index (χ2v) is 5.67. The Morgan fingerprint density at radius 3 is 2.95 bits per heavy atom. The average molecular weight is 290 g/mol. The molecule has 1 amide bonds. The molecule has 0 aromatic carbocycles. The number of piperidine rings is 1. The van der Waals surface area contributed by atoms with Gasteiger partial charge in [0.1, 0.15) is 5.82 Å². The molecule has 0 spiro atoms. The van der Waals surface area contributed by atoms with E-state index >= 15 is 0 Å². The van der Waals surface area contributed by atoms with E-state index in [4.69, 9.17) is 0 Å². The number of carbonyl (C=O) groups is 1. The predicted octanol–water partition coefficient (Wildman–Crippen LogP) is 2.12. The van der Waals surface area contributed by atoms with Crippen molar-refractivity contribution in [3.05, 3.63) is 23.9 Å². The van der Waals surface area contributed by atoms with Gasteiger partial charge >= 0.3 is 0 Å². The fourth-order valence-corrected chi connectivity index (χ4v) is 2.75. The van der Waals surface area contributed by atoms with Crippen molar-refractivity contribution in [2.24, 2.45) is 0 Å². The van der Waals surface area contributed by atoms with Crippen LogP contribution in [0, 0.1) is 0 Å². The fourth-order valence-electron chi connectivity index (χ4n) is 2.75. The van der Waals surface area contributed by atoms with Crippen molar-refractivity contribution in [2.45, 2.75) is 38.6 Å². The molecule has 2 N–H and O–H groups in total.